The smallest absolute Gasteiger partial charge is 0.226 e. The maximum atomic E-state index is 5.80. The average Bonchev–Trinajstić information content (AvgIpc) is 2.76. The lowest BCUT2D eigenvalue weighted by Crippen LogP contribution is -2.07. The molecule has 2 N–H and O–H groups in total. The molecule has 7 heteroatoms. The van der Waals surface area contributed by atoms with Crippen molar-refractivity contribution in [3.8, 4) is 0 Å². The van der Waals surface area contributed by atoms with Crippen molar-refractivity contribution >= 4 is 28.6 Å². The van der Waals surface area contributed by atoms with E-state index in [9.17, 15) is 0 Å². The lowest BCUT2D eigenvalue weighted by Gasteiger charge is -2.06. The number of nitrogens with zero attached hydrogens (tertiary/aromatic N) is 3. The molecule has 0 saturated heterocycles. The minimum atomic E-state index is 0.192. The first-order chi connectivity index (χ1) is 8.31. The van der Waals surface area contributed by atoms with Gasteiger partial charge >= 0.3 is 0 Å². The first-order valence-electron chi connectivity index (χ1n) is 5.49. The SMILES string of the molecule is CCOCCCNc1nc(Cl)nc2nc[nH]c12. The molecule has 0 aliphatic carbocycles. The summed E-state index contributed by atoms with van der Waals surface area (Å²) in [5.41, 5.74) is 1.34. The van der Waals surface area contributed by atoms with Gasteiger partial charge in [0.05, 0.1) is 6.33 Å². The third-order valence-electron chi connectivity index (χ3n) is 2.22. The lowest BCUT2D eigenvalue weighted by molar-refractivity contribution is 0.147. The minimum absolute atomic E-state index is 0.192. The molecule has 0 bridgehead atoms. The predicted molar refractivity (Wildman–Crippen MR) is 66.3 cm³/mol. The van der Waals surface area contributed by atoms with Gasteiger partial charge in [0.25, 0.3) is 0 Å². The summed E-state index contributed by atoms with van der Waals surface area (Å²) in [6.45, 7) is 4.21. The summed E-state index contributed by atoms with van der Waals surface area (Å²) in [6.07, 6.45) is 2.48. The van der Waals surface area contributed by atoms with Crippen molar-refractivity contribution in [3.63, 3.8) is 0 Å². The fourth-order valence-electron chi connectivity index (χ4n) is 1.46. The van der Waals surface area contributed by atoms with Crippen LogP contribution in [0, 0.1) is 0 Å². The summed E-state index contributed by atoms with van der Waals surface area (Å²) in [4.78, 5) is 15.1. The molecule has 0 spiro atoms. The predicted octanol–water partition coefficient (Wildman–Crippen LogP) is 1.84. The number of aromatic nitrogens is 4. The quantitative estimate of drug-likeness (QED) is 0.609. The summed E-state index contributed by atoms with van der Waals surface area (Å²) < 4.78 is 5.25. The average molecular weight is 256 g/mol. The highest BCUT2D eigenvalue weighted by molar-refractivity contribution is 6.28. The Morgan fingerprint density at radius 1 is 1.47 bits per heavy atom. The molecule has 0 radical (unpaired) electrons. The van der Waals surface area contributed by atoms with Gasteiger partial charge in [0.2, 0.25) is 5.28 Å². The largest absolute Gasteiger partial charge is 0.382 e. The van der Waals surface area contributed by atoms with E-state index in [1.165, 1.54) is 0 Å². The number of hydrogen-bond acceptors (Lipinski definition) is 5. The molecular formula is C10H14ClN5O. The molecule has 0 unspecified atom stereocenters. The van der Waals surface area contributed by atoms with Gasteiger partial charge in [0, 0.05) is 19.8 Å². The van der Waals surface area contributed by atoms with Crippen molar-refractivity contribution in [2.45, 2.75) is 13.3 Å². The summed E-state index contributed by atoms with van der Waals surface area (Å²) in [5.74, 6) is 0.675. The van der Waals surface area contributed by atoms with Gasteiger partial charge in [-0.15, -0.1) is 0 Å². The van der Waals surface area contributed by atoms with Gasteiger partial charge in [-0.25, -0.2) is 4.98 Å². The molecule has 0 amide bonds. The minimum Gasteiger partial charge on any atom is -0.382 e. The maximum Gasteiger partial charge on any atom is 0.226 e. The van der Waals surface area contributed by atoms with Gasteiger partial charge in [-0.05, 0) is 24.9 Å². The number of halogens is 1. The number of H-pyrrole nitrogens is 1. The van der Waals surface area contributed by atoms with Crippen LogP contribution in [0.3, 0.4) is 0 Å². The second-order valence-corrected chi connectivity index (χ2v) is 3.76. The molecule has 17 heavy (non-hydrogen) atoms. The van der Waals surface area contributed by atoms with Crippen molar-refractivity contribution in [3.05, 3.63) is 11.6 Å². The van der Waals surface area contributed by atoms with Crippen molar-refractivity contribution in [2.24, 2.45) is 0 Å². The molecule has 2 rings (SSSR count). The Labute approximate surface area is 104 Å². The van der Waals surface area contributed by atoms with Crippen molar-refractivity contribution < 1.29 is 4.74 Å². The van der Waals surface area contributed by atoms with E-state index in [0.29, 0.717) is 11.5 Å². The summed E-state index contributed by atoms with van der Waals surface area (Å²) in [5, 5.41) is 3.38. The molecule has 0 aromatic carbocycles. The van der Waals surface area contributed by atoms with Crippen LogP contribution in [0.1, 0.15) is 13.3 Å². The van der Waals surface area contributed by atoms with E-state index in [2.05, 4.69) is 25.3 Å². The van der Waals surface area contributed by atoms with Gasteiger partial charge in [0.15, 0.2) is 11.5 Å². The topological polar surface area (TPSA) is 75.7 Å². The highest BCUT2D eigenvalue weighted by Crippen LogP contribution is 2.18. The summed E-state index contributed by atoms with van der Waals surface area (Å²) >= 11 is 5.80. The first kappa shape index (κ1) is 12.1. The number of fused-ring (bicyclic) bond motifs is 1. The van der Waals surface area contributed by atoms with E-state index in [0.717, 1.165) is 31.7 Å². The van der Waals surface area contributed by atoms with Crippen molar-refractivity contribution in [1.82, 2.24) is 19.9 Å². The molecule has 2 aromatic heterocycles. The number of anilines is 1. The van der Waals surface area contributed by atoms with Crippen LogP contribution in [0.2, 0.25) is 5.28 Å². The molecule has 92 valence electrons. The fraction of sp³-hybridized carbons (Fsp3) is 0.500. The van der Waals surface area contributed by atoms with Crippen LogP contribution in [-0.4, -0.2) is 39.7 Å². The number of nitrogens with one attached hydrogen (secondary N) is 2. The maximum absolute atomic E-state index is 5.80. The highest BCUT2D eigenvalue weighted by atomic mass is 35.5. The van der Waals surface area contributed by atoms with Gasteiger partial charge < -0.3 is 15.0 Å². The second kappa shape index (κ2) is 5.79. The monoisotopic (exact) mass is 255 g/mol. The molecule has 2 aromatic rings. The zero-order valence-corrected chi connectivity index (χ0v) is 10.3. The third kappa shape index (κ3) is 3.04. The summed E-state index contributed by atoms with van der Waals surface area (Å²) in [7, 11) is 0. The molecule has 0 aliphatic rings. The Hall–Kier alpha value is -1.40. The molecule has 2 heterocycles. The van der Waals surface area contributed by atoms with Crippen LogP contribution in [0.15, 0.2) is 6.33 Å². The van der Waals surface area contributed by atoms with Crippen LogP contribution >= 0.6 is 11.6 Å². The van der Waals surface area contributed by atoms with E-state index in [-0.39, 0.29) is 5.28 Å². The fourth-order valence-corrected chi connectivity index (χ4v) is 1.62. The van der Waals surface area contributed by atoms with Gasteiger partial charge in [-0.1, -0.05) is 0 Å². The zero-order chi connectivity index (χ0) is 12.1. The van der Waals surface area contributed by atoms with Crippen LogP contribution in [0.5, 0.6) is 0 Å². The van der Waals surface area contributed by atoms with Crippen LogP contribution in [0.25, 0.3) is 11.2 Å². The Kier molecular flexibility index (Phi) is 4.11. The lowest BCUT2D eigenvalue weighted by atomic mass is 10.4. The van der Waals surface area contributed by atoms with E-state index >= 15 is 0 Å². The molecular weight excluding hydrogens is 242 g/mol. The first-order valence-corrected chi connectivity index (χ1v) is 5.87. The van der Waals surface area contributed by atoms with Gasteiger partial charge in [-0.2, -0.15) is 9.97 Å². The Morgan fingerprint density at radius 2 is 2.35 bits per heavy atom. The van der Waals surface area contributed by atoms with Crippen LogP contribution < -0.4 is 5.32 Å². The normalized spacial score (nSPS) is 10.9. The van der Waals surface area contributed by atoms with E-state index < -0.39 is 0 Å². The van der Waals surface area contributed by atoms with Gasteiger partial charge in [0.1, 0.15) is 5.52 Å². The number of ether oxygens (including phenoxy) is 1. The van der Waals surface area contributed by atoms with E-state index in [1.807, 2.05) is 6.92 Å². The molecule has 0 atom stereocenters. The number of aromatic amines is 1. The van der Waals surface area contributed by atoms with Crippen molar-refractivity contribution in [1.29, 1.82) is 0 Å². The Bertz CT molecular complexity index is 487. The van der Waals surface area contributed by atoms with Gasteiger partial charge in [-0.3, -0.25) is 0 Å². The summed E-state index contributed by atoms with van der Waals surface area (Å²) in [6, 6.07) is 0. The number of imidazole rings is 1. The molecule has 0 fully saturated rings. The molecule has 6 nitrogen and oxygen atoms in total. The number of hydrogen-bond donors (Lipinski definition) is 2. The second-order valence-electron chi connectivity index (χ2n) is 3.42. The molecule has 0 saturated carbocycles. The highest BCUT2D eigenvalue weighted by Gasteiger charge is 2.07. The van der Waals surface area contributed by atoms with E-state index in [4.69, 9.17) is 16.3 Å². The number of rotatable bonds is 6. The third-order valence-corrected chi connectivity index (χ3v) is 2.39. The Balaban J connectivity index is 2.00. The van der Waals surface area contributed by atoms with Crippen molar-refractivity contribution in [2.75, 3.05) is 25.1 Å². The standard InChI is InChI=1S/C10H14ClN5O/c1-2-17-5-3-4-12-8-7-9(14-6-13-7)16-10(11)15-8/h6H,2-5H2,1H3,(H2,12,13,14,15,16). The molecule has 0 aliphatic heterocycles. The van der Waals surface area contributed by atoms with E-state index in [1.54, 1.807) is 6.33 Å². The van der Waals surface area contributed by atoms with Crippen LogP contribution in [0.4, 0.5) is 5.82 Å². The van der Waals surface area contributed by atoms with Crippen LogP contribution in [-0.2, 0) is 4.74 Å². The zero-order valence-electron chi connectivity index (χ0n) is 9.53. The Morgan fingerprint density at radius 3 is 3.18 bits per heavy atom.